The van der Waals surface area contributed by atoms with Gasteiger partial charge in [0.05, 0.1) is 0 Å². The van der Waals surface area contributed by atoms with Gasteiger partial charge in [0.25, 0.3) is 0 Å². The zero-order chi connectivity index (χ0) is 37.0. The van der Waals surface area contributed by atoms with Crippen LogP contribution in [-0.2, 0) is 0 Å². The van der Waals surface area contributed by atoms with Crippen molar-refractivity contribution in [2.24, 2.45) is 0 Å². The SMILES string of the molecule is c1ccc(-c2ccc3sc4ccc(-c5cccc6c5oc5c(-c7ccccc7)c(-c7nc(-c8ccccc8)nc(-c8ccccc8)n7)ccc56)cc4c3c2)cc1. The molecule has 0 atom stereocenters. The number of thiophene rings is 1. The first-order valence-electron chi connectivity index (χ1n) is 18.7. The van der Waals surface area contributed by atoms with Gasteiger partial charge in [-0.15, -0.1) is 11.3 Å². The molecular formula is C51H31N3OS. The van der Waals surface area contributed by atoms with Crippen molar-refractivity contribution in [2.45, 2.75) is 0 Å². The van der Waals surface area contributed by atoms with E-state index in [4.69, 9.17) is 19.4 Å². The minimum atomic E-state index is 0.587. The van der Waals surface area contributed by atoms with Gasteiger partial charge in [-0.25, -0.2) is 15.0 Å². The lowest BCUT2D eigenvalue weighted by atomic mass is 9.95. The van der Waals surface area contributed by atoms with Crippen LogP contribution < -0.4 is 0 Å². The molecule has 4 nitrogen and oxygen atoms in total. The second kappa shape index (κ2) is 13.3. The van der Waals surface area contributed by atoms with Crippen molar-refractivity contribution in [1.29, 1.82) is 0 Å². The fourth-order valence-electron chi connectivity index (χ4n) is 7.85. The van der Waals surface area contributed by atoms with Gasteiger partial charge in [-0.05, 0) is 58.7 Å². The first-order valence-corrected chi connectivity index (χ1v) is 19.5. The summed E-state index contributed by atoms with van der Waals surface area (Å²) in [5.74, 6) is 1.82. The van der Waals surface area contributed by atoms with Crippen LogP contribution in [0.25, 0.3) is 110 Å². The number of nitrogens with zero attached hydrogens (tertiary/aromatic N) is 3. The average Bonchev–Trinajstić information content (AvgIpc) is 3.85. The third kappa shape index (κ3) is 5.48. The Morgan fingerprint density at radius 2 is 0.839 bits per heavy atom. The highest BCUT2D eigenvalue weighted by molar-refractivity contribution is 7.25. The van der Waals surface area contributed by atoms with Crippen LogP contribution in [-0.4, -0.2) is 15.0 Å². The summed E-state index contributed by atoms with van der Waals surface area (Å²) in [6, 6.07) is 65.6. The molecule has 3 aromatic heterocycles. The van der Waals surface area contributed by atoms with Gasteiger partial charge >= 0.3 is 0 Å². The van der Waals surface area contributed by atoms with E-state index in [1.165, 1.54) is 31.3 Å². The van der Waals surface area contributed by atoms with Crippen LogP contribution in [0.3, 0.4) is 0 Å². The number of aromatic nitrogens is 3. The Balaban J connectivity index is 1.12. The number of hydrogen-bond donors (Lipinski definition) is 0. The number of benzene rings is 8. The standard InChI is InChI=1S/C51H31N3OS/c1-5-14-32(15-6-1)36-24-28-44-42(30-36)43-31-37(25-29-45(43)56-44)38-22-13-23-39-40-26-27-41(46(48(40)55-47(38)39)33-16-7-2-8-17-33)51-53-49(34-18-9-3-10-19-34)52-50(54-51)35-20-11-4-12-21-35/h1-31H. The zero-order valence-electron chi connectivity index (χ0n) is 30.1. The van der Waals surface area contributed by atoms with E-state index in [0.717, 1.165) is 60.9 Å². The van der Waals surface area contributed by atoms with Gasteiger partial charge in [0, 0.05) is 58.8 Å². The van der Waals surface area contributed by atoms with E-state index in [2.05, 4.69) is 121 Å². The van der Waals surface area contributed by atoms with E-state index in [1.54, 1.807) is 0 Å². The van der Waals surface area contributed by atoms with E-state index in [0.29, 0.717) is 17.5 Å². The molecule has 0 N–H and O–H groups in total. The third-order valence-electron chi connectivity index (χ3n) is 10.6. The molecule has 0 aliphatic rings. The molecule has 0 saturated heterocycles. The Kier molecular flexibility index (Phi) is 7.64. The quantitative estimate of drug-likeness (QED) is 0.171. The Labute approximate surface area is 327 Å². The fourth-order valence-corrected chi connectivity index (χ4v) is 8.92. The zero-order valence-corrected chi connectivity index (χ0v) is 30.9. The van der Waals surface area contributed by atoms with Gasteiger partial charge in [0.1, 0.15) is 11.2 Å². The summed E-state index contributed by atoms with van der Waals surface area (Å²) in [5, 5.41) is 4.62. The van der Waals surface area contributed by atoms with Crippen LogP contribution in [0, 0.1) is 0 Å². The summed E-state index contributed by atoms with van der Waals surface area (Å²) in [4.78, 5) is 15.2. The van der Waals surface area contributed by atoms with Crippen molar-refractivity contribution in [3.05, 3.63) is 188 Å². The fraction of sp³-hybridized carbons (Fsp3) is 0. The molecule has 262 valence electrons. The van der Waals surface area contributed by atoms with E-state index < -0.39 is 0 Å². The third-order valence-corrected chi connectivity index (χ3v) is 11.7. The lowest BCUT2D eigenvalue weighted by molar-refractivity contribution is 0.671. The minimum absolute atomic E-state index is 0.587. The minimum Gasteiger partial charge on any atom is -0.455 e. The predicted octanol–water partition coefficient (Wildman–Crippen LogP) is 14.1. The molecule has 5 heteroatoms. The lowest BCUT2D eigenvalue weighted by Gasteiger charge is -2.12. The molecule has 0 amide bonds. The van der Waals surface area contributed by atoms with Crippen LogP contribution in [0.2, 0.25) is 0 Å². The summed E-state index contributed by atoms with van der Waals surface area (Å²) in [6.45, 7) is 0. The first kappa shape index (κ1) is 32.2. The number of para-hydroxylation sites is 1. The highest BCUT2D eigenvalue weighted by atomic mass is 32.1. The number of furan rings is 1. The second-order valence-electron chi connectivity index (χ2n) is 13.9. The Hall–Kier alpha value is -7.21. The molecule has 0 fully saturated rings. The van der Waals surface area contributed by atoms with Crippen molar-refractivity contribution in [2.75, 3.05) is 0 Å². The van der Waals surface area contributed by atoms with E-state index in [1.807, 2.05) is 78.1 Å². The molecule has 0 radical (unpaired) electrons. The molecule has 0 bridgehead atoms. The van der Waals surface area contributed by atoms with Crippen molar-refractivity contribution in [3.8, 4) is 67.5 Å². The van der Waals surface area contributed by atoms with Crippen LogP contribution in [0.15, 0.2) is 192 Å². The molecule has 0 aliphatic carbocycles. The normalized spacial score (nSPS) is 11.6. The van der Waals surface area contributed by atoms with Crippen molar-refractivity contribution >= 4 is 53.4 Å². The molecular weight excluding hydrogens is 703 g/mol. The molecule has 8 aromatic carbocycles. The highest BCUT2D eigenvalue weighted by Gasteiger charge is 2.22. The maximum absolute atomic E-state index is 7.10. The predicted molar refractivity (Wildman–Crippen MR) is 233 cm³/mol. The Bertz CT molecular complexity index is 3170. The molecule has 56 heavy (non-hydrogen) atoms. The average molecular weight is 734 g/mol. The summed E-state index contributed by atoms with van der Waals surface area (Å²) in [7, 11) is 0. The van der Waals surface area contributed by atoms with Crippen molar-refractivity contribution in [3.63, 3.8) is 0 Å². The highest BCUT2D eigenvalue weighted by Crippen LogP contribution is 2.45. The number of rotatable bonds is 6. The van der Waals surface area contributed by atoms with E-state index in [-0.39, 0.29) is 0 Å². The second-order valence-corrected chi connectivity index (χ2v) is 15.0. The van der Waals surface area contributed by atoms with Gasteiger partial charge in [-0.1, -0.05) is 152 Å². The topological polar surface area (TPSA) is 51.8 Å². The smallest absolute Gasteiger partial charge is 0.164 e. The van der Waals surface area contributed by atoms with Gasteiger partial charge < -0.3 is 4.42 Å². The maximum atomic E-state index is 7.10. The van der Waals surface area contributed by atoms with Crippen LogP contribution >= 0.6 is 11.3 Å². The Morgan fingerprint density at radius 3 is 1.46 bits per heavy atom. The summed E-state index contributed by atoms with van der Waals surface area (Å²) >= 11 is 1.84. The summed E-state index contributed by atoms with van der Waals surface area (Å²) < 4.78 is 9.65. The summed E-state index contributed by atoms with van der Waals surface area (Å²) in [6.07, 6.45) is 0. The van der Waals surface area contributed by atoms with Crippen LogP contribution in [0.4, 0.5) is 0 Å². The maximum Gasteiger partial charge on any atom is 0.164 e. The van der Waals surface area contributed by atoms with Crippen molar-refractivity contribution in [1.82, 2.24) is 15.0 Å². The Morgan fingerprint density at radius 1 is 0.321 bits per heavy atom. The summed E-state index contributed by atoms with van der Waals surface area (Å²) in [5.41, 5.74) is 11.0. The number of fused-ring (bicyclic) bond motifs is 6. The van der Waals surface area contributed by atoms with Gasteiger partial charge in [0.15, 0.2) is 17.5 Å². The molecule has 0 aliphatic heterocycles. The monoisotopic (exact) mass is 733 g/mol. The molecule has 3 heterocycles. The lowest BCUT2D eigenvalue weighted by Crippen LogP contribution is -2.01. The van der Waals surface area contributed by atoms with Gasteiger partial charge in [-0.2, -0.15) is 0 Å². The first-order chi connectivity index (χ1) is 27.7. The van der Waals surface area contributed by atoms with Crippen molar-refractivity contribution < 1.29 is 4.42 Å². The molecule has 11 rings (SSSR count). The van der Waals surface area contributed by atoms with Gasteiger partial charge in [0.2, 0.25) is 0 Å². The van der Waals surface area contributed by atoms with Gasteiger partial charge in [-0.3, -0.25) is 0 Å². The van der Waals surface area contributed by atoms with E-state index in [9.17, 15) is 0 Å². The molecule has 0 saturated carbocycles. The molecule has 0 spiro atoms. The van der Waals surface area contributed by atoms with Crippen LogP contribution in [0.5, 0.6) is 0 Å². The molecule has 11 aromatic rings. The largest absolute Gasteiger partial charge is 0.455 e. The number of hydrogen-bond acceptors (Lipinski definition) is 5. The molecule has 0 unspecified atom stereocenters. The van der Waals surface area contributed by atoms with E-state index >= 15 is 0 Å². The van der Waals surface area contributed by atoms with Crippen LogP contribution in [0.1, 0.15) is 0 Å².